The normalized spacial score (nSPS) is 14.3. The maximum atomic E-state index is 6.34. The van der Waals surface area contributed by atoms with Crippen LogP contribution in [0.3, 0.4) is 0 Å². The smallest absolute Gasteiger partial charge is 0.247 e. The number of aromatic nitrogens is 3. The van der Waals surface area contributed by atoms with Gasteiger partial charge in [0.25, 0.3) is 0 Å². The first-order chi connectivity index (χ1) is 16.2. The summed E-state index contributed by atoms with van der Waals surface area (Å²) in [7, 11) is 0. The maximum Gasteiger partial charge on any atom is 0.247 e. The fraction of sp³-hybridized carbons (Fsp3) is 0.160. The Morgan fingerprint density at radius 2 is 1.79 bits per heavy atom. The lowest BCUT2D eigenvalue weighted by atomic mass is 10.1. The summed E-state index contributed by atoms with van der Waals surface area (Å²) in [5.41, 5.74) is 4.37. The summed E-state index contributed by atoms with van der Waals surface area (Å²) in [4.78, 5) is 4.70. The summed E-state index contributed by atoms with van der Waals surface area (Å²) in [6.45, 7) is 2.58. The summed E-state index contributed by atoms with van der Waals surface area (Å²) < 4.78 is 11.9. The molecular formula is C25H21ClN4O2S. The van der Waals surface area contributed by atoms with Crippen molar-refractivity contribution >= 4 is 29.1 Å². The molecule has 1 N–H and O–H groups in total. The molecule has 1 atom stereocenters. The summed E-state index contributed by atoms with van der Waals surface area (Å²) in [5, 5.41) is 13.5. The lowest BCUT2D eigenvalue weighted by Gasteiger charge is -2.19. The van der Waals surface area contributed by atoms with Crippen LogP contribution in [0, 0.1) is 0 Å². The number of nitrogens with one attached hydrogen (secondary N) is 1. The van der Waals surface area contributed by atoms with E-state index in [2.05, 4.69) is 15.5 Å². The Morgan fingerprint density at radius 1 is 1.00 bits per heavy atom. The molecule has 8 heteroatoms. The third-order valence-corrected chi connectivity index (χ3v) is 6.40. The van der Waals surface area contributed by atoms with Crippen LogP contribution in [-0.2, 0) is 5.75 Å². The Kier molecular flexibility index (Phi) is 6.32. The van der Waals surface area contributed by atoms with Gasteiger partial charge >= 0.3 is 0 Å². The number of thioether (sulfide) groups is 1. The van der Waals surface area contributed by atoms with Crippen LogP contribution < -0.4 is 14.8 Å². The van der Waals surface area contributed by atoms with Gasteiger partial charge in [-0.1, -0.05) is 59.8 Å². The summed E-state index contributed by atoms with van der Waals surface area (Å²) in [6, 6.07) is 23.5. The van der Waals surface area contributed by atoms with Crippen LogP contribution in [0.15, 0.2) is 78.0 Å². The minimum Gasteiger partial charge on any atom is -0.494 e. The van der Waals surface area contributed by atoms with Gasteiger partial charge < -0.3 is 14.8 Å². The SMILES string of the molecule is CCOc1ccc(C2Nc3ccccc3-c3nnc(SCc4ccccc4Cl)nc3O2)cc1. The molecule has 4 aromatic rings. The number of ether oxygens (including phenoxy) is 2. The van der Waals surface area contributed by atoms with Crippen LogP contribution in [0.5, 0.6) is 11.6 Å². The minimum atomic E-state index is -0.443. The standard InChI is InChI=1S/C25H21ClN4O2S/c1-2-31-18-13-11-16(12-14-18)23-27-21-10-6-4-8-19(21)22-24(32-23)28-25(30-29-22)33-15-17-7-3-5-9-20(17)26/h3-14,23,27H,2,15H2,1H3. The molecule has 1 aliphatic rings. The lowest BCUT2D eigenvalue weighted by molar-refractivity contribution is 0.225. The van der Waals surface area contributed by atoms with Crippen molar-refractivity contribution in [3.63, 3.8) is 0 Å². The van der Waals surface area contributed by atoms with Crippen molar-refractivity contribution in [2.45, 2.75) is 24.1 Å². The van der Waals surface area contributed by atoms with Gasteiger partial charge in [0.2, 0.25) is 11.0 Å². The highest BCUT2D eigenvalue weighted by Crippen LogP contribution is 2.40. The molecule has 0 fully saturated rings. The van der Waals surface area contributed by atoms with Crippen LogP contribution in [-0.4, -0.2) is 21.8 Å². The molecule has 1 unspecified atom stereocenters. The largest absolute Gasteiger partial charge is 0.494 e. The second-order valence-corrected chi connectivity index (χ2v) is 8.67. The van der Waals surface area contributed by atoms with E-state index in [0.29, 0.717) is 29.1 Å². The van der Waals surface area contributed by atoms with Crippen LogP contribution in [0.1, 0.15) is 24.3 Å². The van der Waals surface area contributed by atoms with Crippen LogP contribution in [0.25, 0.3) is 11.3 Å². The van der Waals surface area contributed by atoms with Gasteiger partial charge in [-0.15, -0.1) is 10.2 Å². The Bertz CT molecular complexity index is 1270. The second-order valence-electron chi connectivity index (χ2n) is 7.32. The van der Waals surface area contributed by atoms with Gasteiger partial charge in [0.05, 0.1) is 6.61 Å². The molecule has 0 radical (unpaired) electrons. The number of anilines is 1. The molecule has 2 heterocycles. The number of hydrogen-bond donors (Lipinski definition) is 1. The molecule has 6 nitrogen and oxygen atoms in total. The molecule has 3 aromatic carbocycles. The van der Waals surface area contributed by atoms with Gasteiger partial charge in [-0.25, -0.2) is 0 Å². The Labute approximate surface area is 201 Å². The van der Waals surface area contributed by atoms with E-state index in [4.69, 9.17) is 26.1 Å². The van der Waals surface area contributed by atoms with Crippen molar-refractivity contribution in [2.24, 2.45) is 0 Å². The molecule has 1 aliphatic heterocycles. The molecule has 33 heavy (non-hydrogen) atoms. The van der Waals surface area contributed by atoms with Crippen LogP contribution >= 0.6 is 23.4 Å². The van der Waals surface area contributed by atoms with E-state index in [9.17, 15) is 0 Å². The molecule has 0 aliphatic carbocycles. The quantitative estimate of drug-likeness (QED) is 0.323. The molecule has 0 amide bonds. The Morgan fingerprint density at radius 3 is 2.61 bits per heavy atom. The average molecular weight is 477 g/mol. The summed E-state index contributed by atoms with van der Waals surface area (Å²) in [6.07, 6.45) is -0.443. The first kappa shape index (κ1) is 21.6. The van der Waals surface area contributed by atoms with E-state index < -0.39 is 6.23 Å². The predicted molar refractivity (Wildman–Crippen MR) is 131 cm³/mol. The summed E-state index contributed by atoms with van der Waals surface area (Å²) >= 11 is 7.76. The number of hydrogen-bond acceptors (Lipinski definition) is 7. The molecule has 0 bridgehead atoms. The van der Waals surface area contributed by atoms with Crippen molar-refractivity contribution in [1.82, 2.24) is 15.2 Å². The highest BCUT2D eigenvalue weighted by Gasteiger charge is 2.26. The molecule has 1 aromatic heterocycles. The van der Waals surface area contributed by atoms with E-state index in [1.54, 1.807) is 0 Å². The van der Waals surface area contributed by atoms with Crippen molar-refractivity contribution in [3.8, 4) is 22.9 Å². The number of halogens is 1. The summed E-state index contributed by atoms with van der Waals surface area (Å²) in [5.74, 6) is 1.89. The van der Waals surface area contributed by atoms with Gasteiger partial charge in [-0.2, -0.15) is 4.98 Å². The zero-order chi connectivity index (χ0) is 22.6. The molecular weight excluding hydrogens is 456 g/mol. The van der Waals surface area contributed by atoms with Gasteiger partial charge in [-0.05, 0) is 48.9 Å². The van der Waals surface area contributed by atoms with E-state index in [1.807, 2.05) is 79.7 Å². The van der Waals surface area contributed by atoms with Crippen molar-refractivity contribution in [2.75, 3.05) is 11.9 Å². The number of fused-ring (bicyclic) bond motifs is 3. The fourth-order valence-electron chi connectivity index (χ4n) is 3.52. The second kappa shape index (κ2) is 9.68. The maximum absolute atomic E-state index is 6.34. The average Bonchev–Trinajstić information content (AvgIpc) is 3.01. The lowest BCUT2D eigenvalue weighted by Crippen LogP contribution is -2.17. The van der Waals surface area contributed by atoms with Gasteiger partial charge in [0.15, 0.2) is 11.9 Å². The zero-order valence-electron chi connectivity index (χ0n) is 17.9. The van der Waals surface area contributed by atoms with Gasteiger partial charge in [0, 0.05) is 27.6 Å². The van der Waals surface area contributed by atoms with E-state index in [-0.39, 0.29) is 0 Å². The van der Waals surface area contributed by atoms with Gasteiger partial charge in [-0.3, -0.25) is 0 Å². The Balaban J connectivity index is 1.46. The Hall–Kier alpha value is -3.29. The number of benzene rings is 3. The topological polar surface area (TPSA) is 69.2 Å². The van der Waals surface area contributed by atoms with E-state index in [0.717, 1.165) is 33.1 Å². The third kappa shape index (κ3) is 4.74. The van der Waals surface area contributed by atoms with E-state index >= 15 is 0 Å². The first-order valence-corrected chi connectivity index (χ1v) is 11.9. The first-order valence-electron chi connectivity index (χ1n) is 10.6. The molecule has 0 saturated carbocycles. The van der Waals surface area contributed by atoms with Crippen LogP contribution in [0.2, 0.25) is 5.02 Å². The highest BCUT2D eigenvalue weighted by molar-refractivity contribution is 7.98. The van der Waals surface area contributed by atoms with Crippen LogP contribution in [0.4, 0.5) is 5.69 Å². The highest BCUT2D eigenvalue weighted by atomic mass is 35.5. The molecule has 0 saturated heterocycles. The number of para-hydroxylation sites is 1. The monoisotopic (exact) mass is 476 g/mol. The van der Waals surface area contributed by atoms with E-state index in [1.165, 1.54) is 11.8 Å². The van der Waals surface area contributed by atoms with Crippen molar-refractivity contribution in [3.05, 3.63) is 88.9 Å². The van der Waals surface area contributed by atoms with Crippen molar-refractivity contribution < 1.29 is 9.47 Å². The van der Waals surface area contributed by atoms with Crippen molar-refractivity contribution in [1.29, 1.82) is 0 Å². The number of nitrogens with zero attached hydrogens (tertiary/aromatic N) is 3. The molecule has 0 spiro atoms. The predicted octanol–water partition coefficient (Wildman–Crippen LogP) is 6.39. The number of rotatable bonds is 6. The molecule has 166 valence electrons. The van der Waals surface area contributed by atoms with Gasteiger partial charge in [0.1, 0.15) is 5.75 Å². The fourth-order valence-corrected chi connectivity index (χ4v) is 4.59. The zero-order valence-corrected chi connectivity index (χ0v) is 19.4. The minimum absolute atomic E-state index is 0.433. The third-order valence-electron chi connectivity index (χ3n) is 5.14. The molecule has 5 rings (SSSR count).